The summed E-state index contributed by atoms with van der Waals surface area (Å²) in [6.45, 7) is -4.37. The third-order valence-corrected chi connectivity index (χ3v) is 4.27. The van der Waals surface area contributed by atoms with Crippen molar-refractivity contribution >= 4 is 35.6 Å². The smallest absolute Gasteiger partial charge is 0.321 e. The Bertz CT molecular complexity index is 865. The summed E-state index contributed by atoms with van der Waals surface area (Å²) in [5.41, 5.74) is 4.97. The molecule has 0 aliphatic carbocycles. The molecule has 0 amide bonds. The van der Waals surface area contributed by atoms with E-state index in [4.69, 9.17) is 20.3 Å². The van der Waals surface area contributed by atoms with E-state index in [1.165, 1.54) is 10.9 Å². The van der Waals surface area contributed by atoms with Crippen molar-refractivity contribution in [3.05, 3.63) is 16.7 Å². The molecule has 14 heteroatoms. The van der Waals surface area contributed by atoms with Gasteiger partial charge in [0, 0.05) is 0 Å². The van der Waals surface area contributed by atoms with Gasteiger partial charge in [-0.1, -0.05) is 0 Å². The summed E-state index contributed by atoms with van der Waals surface area (Å²) in [7, 11) is 0. The summed E-state index contributed by atoms with van der Waals surface area (Å²) in [5, 5.41) is 20.2. The highest BCUT2D eigenvalue weighted by molar-refractivity contribution is 8.06. The Kier molecular flexibility index (Phi) is 4.44. The molecule has 7 N–H and O–H groups in total. The van der Waals surface area contributed by atoms with E-state index in [-0.39, 0.29) is 17.1 Å². The molecule has 3 heterocycles. The van der Waals surface area contributed by atoms with Crippen LogP contribution in [0.3, 0.4) is 0 Å². The standard InChI is InChI=1S/C10H14N5O7PS/c11-10-13-7-4(8(18)14-10)12-2-15(7)9-6(17)5(16)3(22-9)1-21-23(19,20)24/h2-3,5-6,9,16-17H,1H2,(H2,19,20,24)(H3,11,13,14,18)/t3-,5-,6?,9-/m1/s1. The summed E-state index contributed by atoms with van der Waals surface area (Å²) >= 11 is 4.31. The first-order chi connectivity index (χ1) is 11.2. The fourth-order valence-corrected chi connectivity index (χ4v) is 2.92. The number of fused-ring (bicyclic) bond motifs is 1. The molecule has 1 aliphatic heterocycles. The van der Waals surface area contributed by atoms with Crippen LogP contribution in [0.5, 0.6) is 0 Å². The Labute approximate surface area is 138 Å². The molecule has 12 nitrogen and oxygen atoms in total. The van der Waals surface area contributed by atoms with E-state index in [0.717, 1.165) is 0 Å². The number of H-pyrrole nitrogens is 1. The van der Waals surface area contributed by atoms with Crippen LogP contribution in [0.4, 0.5) is 5.95 Å². The van der Waals surface area contributed by atoms with Gasteiger partial charge in [0.05, 0.1) is 12.9 Å². The van der Waals surface area contributed by atoms with Crippen molar-refractivity contribution in [1.82, 2.24) is 19.5 Å². The second kappa shape index (κ2) is 6.13. The van der Waals surface area contributed by atoms with E-state index < -0.39 is 43.4 Å². The van der Waals surface area contributed by atoms with Crippen molar-refractivity contribution in [3.8, 4) is 0 Å². The summed E-state index contributed by atoms with van der Waals surface area (Å²) < 4.78 is 11.4. The number of aliphatic hydroxyl groups excluding tert-OH is 2. The van der Waals surface area contributed by atoms with Crippen LogP contribution >= 0.6 is 6.72 Å². The number of hydrogen-bond donors (Lipinski definition) is 6. The lowest BCUT2D eigenvalue weighted by molar-refractivity contribution is -0.0486. The molecule has 2 aromatic heterocycles. The lowest BCUT2D eigenvalue weighted by Gasteiger charge is -2.17. The minimum absolute atomic E-state index is 0.0181. The maximum atomic E-state index is 11.8. The molecule has 0 bridgehead atoms. The second-order valence-electron chi connectivity index (χ2n) is 5.11. The van der Waals surface area contributed by atoms with Gasteiger partial charge < -0.3 is 35.0 Å². The average molecular weight is 379 g/mol. The number of nitrogens with one attached hydrogen (secondary N) is 1. The molecule has 1 aliphatic rings. The van der Waals surface area contributed by atoms with Crippen molar-refractivity contribution in [2.75, 3.05) is 12.3 Å². The van der Waals surface area contributed by atoms with Gasteiger partial charge in [0.2, 0.25) is 5.95 Å². The Balaban J connectivity index is 1.90. The highest BCUT2D eigenvalue weighted by Gasteiger charge is 2.45. The van der Waals surface area contributed by atoms with Crippen LogP contribution in [0.2, 0.25) is 0 Å². The maximum Gasteiger partial charge on any atom is 0.321 e. The van der Waals surface area contributed by atoms with Gasteiger partial charge in [0.1, 0.15) is 18.3 Å². The Hall–Kier alpha value is -1.44. The van der Waals surface area contributed by atoms with Crippen molar-refractivity contribution in [1.29, 1.82) is 0 Å². The number of nitrogens with zero attached hydrogens (tertiary/aromatic N) is 3. The van der Waals surface area contributed by atoms with Gasteiger partial charge in [0.15, 0.2) is 17.4 Å². The number of hydrogen-bond acceptors (Lipinski definition) is 9. The van der Waals surface area contributed by atoms with Crippen LogP contribution in [0, 0.1) is 0 Å². The molecule has 132 valence electrons. The highest BCUT2D eigenvalue weighted by Crippen LogP contribution is 2.39. The lowest BCUT2D eigenvalue weighted by Crippen LogP contribution is -2.33. The molecule has 1 fully saturated rings. The summed E-state index contributed by atoms with van der Waals surface area (Å²) in [5.74, 6) is -0.150. The monoisotopic (exact) mass is 379 g/mol. The SMILES string of the molecule is Nc1nc2c(ncn2[C@@H]2O[C@H](COP(O)(O)=S)[C@@H](O)C2O)c(=O)[nH]1. The van der Waals surface area contributed by atoms with Gasteiger partial charge in [-0.15, -0.1) is 0 Å². The number of rotatable bonds is 4. The number of aliphatic hydroxyl groups is 2. The zero-order valence-corrected chi connectivity index (χ0v) is 13.6. The van der Waals surface area contributed by atoms with Gasteiger partial charge in [-0.05, 0) is 11.8 Å². The third kappa shape index (κ3) is 3.20. The van der Waals surface area contributed by atoms with E-state index in [1.807, 2.05) is 0 Å². The number of nitrogens with two attached hydrogens (primary N) is 1. The topological polar surface area (TPSA) is 189 Å². The molecule has 0 radical (unpaired) electrons. The van der Waals surface area contributed by atoms with E-state index in [9.17, 15) is 15.0 Å². The lowest BCUT2D eigenvalue weighted by atomic mass is 10.1. The number of ether oxygens (including phenoxy) is 1. The van der Waals surface area contributed by atoms with Crippen molar-refractivity contribution in [3.63, 3.8) is 0 Å². The van der Waals surface area contributed by atoms with Crippen LogP contribution < -0.4 is 11.3 Å². The minimum atomic E-state index is -3.93. The first kappa shape index (κ1) is 17.4. The van der Waals surface area contributed by atoms with Gasteiger partial charge in [-0.2, -0.15) is 4.98 Å². The van der Waals surface area contributed by atoms with Gasteiger partial charge in [0.25, 0.3) is 5.56 Å². The molecular formula is C10H14N5O7PS. The predicted octanol–water partition coefficient (Wildman–Crippen LogP) is -2.45. The average Bonchev–Trinajstić information content (AvgIpc) is 3.00. The fourth-order valence-electron chi connectivity index (χ4n) is 2.40. The van der Waals surface area contributed by atoms with E-state index in [1.54, 1.807) is 0 Å². The zero-order valence-electron chi connectivity index (χ0n) is 11.9. The van der Waals surface area contributed by atoms with Gasteiger partial charge in [-0.25, -0.2) is 4.98 Å². The quantitative estimate of drug-likeness (QED) is 0.309. The van der Waals surface area contributed by atoms with Crippen molar-refractivity contribution < 1.29 is 29.3 Å². The van der Waals surface area contributed by atoms with Crippen molar-refractivity contribution in [2.24, 2.45) is 0 Å². The first-order valence-corrected chi connectivity index (χ1v) is 9.24. The van der Waals surface area contributed by atoms with E-state index in [2.05, 4.69) is 31.3 Å². The Morgan fingerprint density at radius 1 is 1.46 bits per heavy atom. The molecule has 0 spiro atoms. The second-order valence-corrected chi connectivity index (χ2v) is 7.77. The minimum Gasteiger partial charge on any atom is -0.387 e. The van der Waals surface area contributed by atoms with Crippen LogP contribution in [0.15, 0.2) is 11.1 Å². The highest BCUT2D eigenvalue weighted by atomic mass is 32.5. The predicted molar refractivity (Wildman–Crippen MR) is 83.2 cm³/mol. The van der Waals surface area contributed by atoms with Crippen LogP contribution in [0.1, 0.15) is 6.23 Å². The van der Waals surface area contributed by atoms with Gasteiger partial charge >= 0.3 is 6.72 Å². The molecule has 0 saturated carbocycles. The van der Waals surface area contributed by atoms with E-state index >= 15 is 0 Å². The van der Waals surface area contributed by atoms with Gasteiger partial charge in [-0.3, -0.25) is 14.3 Å². The molecule has 3 rings (SSSR count). The Morgan fingerprint density at radius 3 is 2.83 bits per heavy atom. The number of anilines is 1. The first-order valence-electron chi connectivity index (χ1n) is 6.61. The number of aromatic nitrogens is 4. The molecule has 2 aromatic rings. The fraction of sp³-hybridized carbons (Fsp3) is 0.500. The summed E-state index contributed by atoms with van der Waals surface area (Å²) in [6.07, 6.45) is -3.81. The molecule has 1 saturated heterocycles. The summed E-state index contributed by atoms with van der Waals surface area (Å²) in [4.78, 5) is 40.0. The molecule has 1 unspecified atom stereocenters. The normalized spacial score (nSPS) is 27.8. The van der Waals surface area contributed by atoms with Crippen molar-refractivity contribution in [2.45, 2.75) is 24.5 Å². The summed E-state index contributed by atoms with van der Waals surface area (Å²) in [6, 6.07) is 0. The molecule has 0 aromatic carbocycles. The Morgan fingerprint density at radius 2 is 2.17 bits per heavy atom. The molecular weight excluding hydrogens is 365 g/mol. The number of nitrogen functional groups attached to an aromatic ring is 1. The number of imidazole rings is 1. The zero-order chi connectivity index (χ0) is 17.6. The van der Waals surface area contributed by atoms with E-state index in [0.29, 0.717) is 0 Å². The van der Waals surface area contributed by atoms with Crippen LogP contribution in [0.25, 0.3) is 11.2 Å². The largest absolute Gasteiger partial charge is 0.387 e. The molecule has 4 atom stereocenters. The molecule has 24 heavy (non-hydrogen) atoms. The number of aromatic amines is 1. The maximum absolute atomic E-state index is 11.8. The van der Waals surface area contributed by atoms with Crippen LogP contribution in [-0.2, 0) is 21.1 Å². The van der Waals surface area contributed by atoms with Crippen LogP contribution in [-0.4, -0.2) is 64.4 Å². The third-order valence-electron chi connectivity index (χ3n) is 3.47.